The molecule has 3 aromatic carbocycles. The Morgan fingerprint density at radius 1 is 1.03 bits per heavy atom. The van der Waals surface area contributed by atoms with E-state index < -0.39 is 11.6 Å². The molecule has 1 saturated heterocycles. The average Bonchev–Trinajstić information content (AvgIpc) is 3.38. The van der Waals surface area contributed by atoms with Crippen LogP contribution in [0.5, 0.6) is 5.75 Å². The molecule has 1 aliphatic heterocycles. The van der Waals surface area contributed by atoms with Crippen LogP contribution >= 0.6 is 0 Å². The molecule has 2 heterocycles. The number of carbonyl (C=O) groups is 2. The minimum absolute atomic E-state index is 0.0829. The van der Waals surface area contributed by atoms with Crippen LogP contribution in [0.2, 0.25) is 0 Å². The lowest BCUT2D eigenvalue weighted by atomic mass is 9.90. The van der Waals surface area contributed by atoms with Gasteiger partial charge in [-0.05, 0) is 60.5 Å². The number of aromatic nitrogens is 2. The number of aryl methyl sites for hydroxylation is 1. The molecule has 166 valence electrons. The van der Waals surface area contributed by atoms with E-state index in [2.05, 4.69) is 15.5 Å². The van der Waals surface area contributed by atoms with E-state index in [1.165, 1.54) is 0 Å². The van der Waals surface area contributed by atoms with Crippen LogP contribution < -0.4 is 10.1 Å². The van der Waals surface area contributed by atoms with Crippen LogP contribution in [0.3, 0.4) is 0 Å². The summed E-state index contributed by atoms with van der Waals surface area (Å²) in [6.07, 6.45) is 0. The fraction of sp³-hybridized carbons (Fsp3) is 0.200. The molecule has 1 fully saturated rings. The molecule has 0 saturated carbocycles. The zero-order chi connectivity index (χ0) is 23.2. The number of fused-ring (bicyclic) bond motifs is 1. The second-order valence-electron chi connectivity index (χ2n) is 8.26. The number of rotatable bonds is 5. The summed E-state index contributed by atoms with van der Waals surface area (Å²) in [4.78, 5) is 31.5. The minimum atomic E-state index is -1.20. The topological polar surface area (TPSA) is 97.6 Å². The zero-order valence-electron chi connectivity index (χ0n) is 18.5. The van der Waals surface area contributed by atoms with Crippen molar-refractivity contribution in [1.29, 1.82) is 0 Å². The number of ether oxygens (including phenoxy) is 1. The molecule has 0 aliphatic carbocycles. The molecule has 5 rings (SSSR count). The Kier molecular flexibility index (Phi) is 4.85. The van der Waals surface area contributed by atoms with Crippen molar-refractivity contribution in [1.82, 2.24) is 20.4 Å². The first-order chi connectivity index (χ1) is 15.9. The van der Waals surface area contributed by atoms with Crippen molar-refractivity contribution < 1.29 is 18.8 Å². The Morgan fingerprint density at radius 3 is 2.52 bits per heavy atom. The van der Waals surface area contributed by atoms with Gasteiger partial charge in [0.25, 0.3) is 11.8 Å². The molecule has 0 bridgehead atoms. The number of benzene rings is 3. The quantitative estimate of drug-likeness (QED) is 0.466. The van der Waals surface area contributed by atoms with Crippen molar-refractivity contribution in [2.75, 3.05) is 7.11 Å². The van der Waals surface area contributed by atoms with Crippen LogP contribution in [-0.2, 0) is 16.9 Å². The van der Waals surface area contributed by atoms with Crippen LogP contribution in [0, 0.1) is 6.92 Å². The lowest BCUT2D eigenvalue weighted by molar-refractivity contribution is -0.131. The maximum atomic E-state index is 13.3. The van der Waals surface area contributed by atoms with Crippen molar-refractivity contribution in [2.45, 2.75) is 25.9 Å². The van der Waals surface area contributed by atoms with Gasteiger partial charge >= 0.3 is 6.03 Å². The highest BCUT2D eigenvalue weighted by atomic mass is 16.5. The molecule has 8 nitrogen and oxygen atoms in total. The maximum absolute atomic E-state index is 13.3. The van der Waals surface area contributed by atoms with E-state index in [-0.39, 0.29) is 18.3 Å². The summed E-state index contributed by atoms with van der Waals surface area (Å²) < 4.78 is 10.6. The predicted molar refractivity (Wildman–Crippen MR) is 121 cm³/mol. The molecule has 0 spiro atoms. The summed E-state index contributed by atoms with van der Waals surface area (Å²) in [5, 5.41) is 8.70. The van der Waals surface area contributed by atoms with Gasteiger partial charge in [0.15, 0.2) is 5.82 Å². The average molecular weight is 442 g/mol. The van der Waals surface area contributed by atoms with Gasteiger partial charge in [-0.2, -0.15) is 4.98 Å². The highest BCUT2D eigenvalue weighted by Gasteiger charge is 2.49. The second-order valence-corrected chi connectivity index (χ2v) is 8.26. The molecule has 1 aromatic heterocycles. The number of methoxy groups -OCH3 is 1. The number of imide groups is 1. The van der Waals surface area contributed by atoms with Crippen molar-refractivity contribution in [3.05, 3.63) is 77.6 Å². The van der Waals surface area contributed by atoms with Gasteiger partial charge in [0.05, 0.1) is 13.7 Å². The minimum Gasteiger partial charge on any atom is -0.497 e. The lowest BCUT2D eigenvalue weighted by Crippen LogP contribution is -2.40. The third-order valence-corrected chi connectivity index (χ3v) is 5.97. The zero-order valence-corrected chi connectivity index (χ0v) is 18.5. The van der Waals surface area contributed by atoms with Crippen LogP contribution in [-0.4, -0.2) is 34.1 Å². The summed E-state index contributed by atoms with van der Waals surface area (Å²) in [7, 11) is 1.62. The van der Waals surface area contributed by atoms with Gasteiger partial charge in [0, 0.05) is 5.56 Å². The summed E-state index contributed by atoms with van der Waals surface area (Å²) in [5.41, 5.74) is 1.38. The number of urea groups is 1. The molecule has 0 radical (unpaired) electrons. The summed E-state index contributed by atoms with van der Waals surface area (Å²) in [5.74, 6) is 0.971. The SMILES string of the molecule is COc1ccc2cc([C@]3(C)NC(=O)N(Cc4noc(-c5ccc(C)cc5)n4)C3=O)ccc2c1. The van der Waals surface area contributed by atoms with Gasteiger partial charge in [-0.25, -0.2) is 4.79 Å². The molecular weight excluding hydrogens is 420 g/mol. The van der Waals surface area contributed by atoms with Crippen molar-refractivity contribution in [2.24, 2.45) is 0 Å². The Morgan fingerprint density at radius 2 is 1.76 bits per heavy atom. The first-order valence-corrected chi connectivity index (χ1v) is 10.5. The number of nitrogens with zero attached hydrogens (tertiary/aromatic N) is 3. The molecule has 4 aromatic rings. The Hall–Kier alpha value is -4.20. The fourth-order valence-electron chi connectivity index (χ4n) is 3.97. The molecule has 33 heavy (non-hydrogen) atoms. The number of amides is 3. The smallest absolute Gasteiger partial charge is 0.325 e. The third kappa shape index (κ3) is 3.59. The molecule has 1 atom stereocenters. The van der Waals surface area contributed by atoms with E-state index in [0.29, 0.717) is 11.5 Å². The molecule has 8 heteroatoms. The second kappa shape index (κ2) is 7.74. The fourth-order valence-corrected chi connectivity index (χ4v) is 3.97. The number of hydrogen-bond donors (Lipinski definition) is 1. The van der Waals surface area contributed by atoms with E-state index in [9.17, 15) is 9.59 Å². The molecular formula is C25H22N4O4. The van der Waals surface area contributed by atoms with E-state index >= 15 is 0 Å². The van der Waals surface area contributed by atoms with E-state index in [0.717, 1.165) is 32.5 Å². The standard InChI is InChI=1S/C25H22N4O4/c1-15-4-6-16(7-5-15)22-26-21(28-33-22)14-29-23(30)25(2,27-24(29)31)19-10-8-18-13-20(32-3)11-9-17(18)12-19/h4-13H,14H2,1-3H3,(H,27,31)/t25-/m0/s1. The molecule has 0 unspecified atom stereocenters. The monoisotopic (exact) mass is 442 g/mol. The number of hydrogen-bond acceptors (Lipinski definition) is 6. The lowest BCUT2D eigenvalue weighted by Gasteiger charge is -2.22. The van der Waals surface area contributed by atoms with Crippen LogP contribution in [0.25, 0.3) is 22.2 Å². The van der Waals surface area contributed by atoms with Gasteiger partial charge in [-0.3, -0.25) is 9.69 Å². The van der Waals surface area contributed by atoms with Gasteiger partial charge in [-0.1, -0.05) is 41.1 Å². The third-order valence-electron chi connectivity index (χ3n) is 5.97. The summed E-state index contributed by atoms with van der Waals surface area (Å²) in [6, 6.07) is 18.5. The van der Waals surface area contributed by atoms with Gasteiger partial charge in [0.1, 0.15) is 11.3 Å². The van der Waals surface area contributed by atoms with Crippen molar-refractivity contribution in [3.8, 4) is 17.2 Å². The largest absolute Gasteiger partial charge is 0.497 e. The van der Waals surface area contributed by atoms with Crippen molar-refractivity contribution in [3.63, 3.8) is 0 Å². The van der Waals surface area contributed by atoms with Gasteiger partial charge in [0.2, 0.25) is 0 Å². The first kappa shape index (κ1) is 20.7. The van der Waals surface area contributed by atoms with Crippen LogP contribution in [0.4, 0.5) is 4.79 Å². The first-order valence-electron chi connectivity index (χ1n) is 10.5. The molecule has 1 N–H and O–H groups in total. The number of nitrogens with one attached hydrogen (secondary N) is 1. The Balaban J connectivity index is 1.39. The predicted octanol–water partition coefficient (Wildman–Crippen LogP) is 4.17. The van der Waals surface area contributed by atoms with E-state index in [1.54, 1.807) is 14.0 Å². The Bertz CT molecular complexity index is 1380. The normalized spacial score (nSPS) is 18.1. The van der Waals surface area contributed by atoms with Gasteiger partial charge < -0.3 is 14.6 Å². The number of carbonyl (C=O) groups excluding carboxylic acids is 2. The summed E-state index contributed by atoms with van der Waals surface area (Å²) in [6.45, 7) is 3.61. The summed E-state index contributed by atoms with van der Waals surface area (Å²) >= 11 is 0. The van der Waals surface area contributed by atoms with Crippen LogP contribution in [0.1, 0.15) is 23.9 Å². The maximum Gasteiger partial charge on any atom is 0.325 e. The van der Waals surface area contributed by atoms with Crippen LogP contribution in [0.15, 0.2) is 65.2 Å². The molecule has 1 aliphatic rings. The van der Waals surface area contributed by atoms with E-state index in [4.69, 9.17) is 9.26 Å². The van der Waals surface area contributed by atoms with Crippen molar-refractivity contribution >= 4 is 22.7 Å². The van der Waals surface area contributed by atoms with Gasteiger partial charge in [-0.15, -0.1) is 0 Å². The highest BCUT2D eigenvalue weighted by molar-refractivity contribution is 6.07. The van der Waals surface area contributed by atoms with E-state index in [1.807, 2.05) is 67.6 Å². The highest BCUT2D eigenvalue weighted by Crippen LogP contribution is 2.32. The Labute approximate surface area is 190 Å². The molecule has 3 amide bonds.